The van der Waals surface area contributed by atoms with Gasteiger partial charge in [-0.15, -0.1) is 0 Å². The van der Waals surface area contributed by atoms with E-state index in [9.17, 15) is 4.79 Å². The van der Waals surface area contributed by atoms with Crippen molar-refractivity contribution in [3.05, 3.63) is 35.5 Å². The highest BCUT2D eigenvalue weighted by Gasteiger charge is 2.17. The average Bonchev–Trinajstić information content (AvgIpc) is 3.19. The normalized spacial score (nSPS) is 10.8. The molecule has 124 valence electrons. The first kappa shape index (κ1) is 16.0. The van der Waals surface area contributed by atoms with Crippen LogP contribution < -0.4 is 10.5 Å². The molecule has 8 nitrogen and oxygen atoms in total. The number of carbonyl (C=O) groups excluding carboxylic acids is 1. The van der Waals surface area contributed by atoms with Crippen molar-refractivity contribution in [2.75, 3.05) is 6.61 Å². The third kappa shape index (κ3) is 3.38. The molecule has 9 heteroatoms. The number of rotatable bonds is 6. The molecule has 3 aromatic rings. The standard InChI is InChI=1S/C15H14ClN5O3/c1-2-21-7-11(16)13(19-21)15-18-14(20-24-15)9-3-5-10(6-4-9)23-8-12(17)22/h3-7H,2,8H2,1H3,(H2,17,22). The molecule has 0 spiro atoms. The molecule has 0 fully saturated rings. The van der Waals surface area contributed by atoms with E-state index < -0.39 is 5.91 Å². The number of primary amides is 1. The largest absolute Gasteiger partial charge is 0.484 e. The van der Waals surface area contributed by atoms with Gasteiger partial charge in [-0.2, -0.15) is 10.1 Å². The molecule has 1 amide bonds. The van der Waals surface area contributed by atoms with Gasteiger partial charge in [-0.25, -0.2) is 0 Å². The molecule has 0 radical (unpaired) electrons. The molecule has 0 aliphatic rings. The van der Waals surface area contributed by atoms with E-state index in [1.54, 1.807) is 35.1 Å². The third-order valence-electron chi connectivity index (χ3n) is 3.16. The Balaban J connectivity index is 1.80. The van der Waals surface area contributed by atoms with Crippen molar-refractivity contribution >= 4 is 17.5 Å². The van der Waals surface area contributed by atoms with Gasteiger partial charge in [0.2, 0.25) is 5.82 Å². The van der Waals surface area contributed by atoms with Gasteiger partial charge in [-0.3, -0.25) is 9.48 Å². The van der Waals surface area contributed by atoms with Crippen LogP contribution in [0.2, 0.25) is 5.02 Å². The Morgan fingerprint density at radius 1 is 1.38 bits per heavy atom. The van der Waals surface area contributed by atoms with Crippen molar-refractivity contribution in [3.8, 4) is 28.7 Å². The smallest absolute Gasteiger partial charge is 0.280 e. The fourth-order valence-corrected chi connectivity index (χ4v) is 2.23. The summed E-state index contributed by atoms with van der Waals surface area (Å²) in [6.07, 6.45) is 1.70. The summed E-state index contributed by atoms with van der Waals surface area (Å²) in [6.45, 7) is 2.46. The Kier molecular flexibility index (Phi) is 4.48. The Labute approximate surface area is 142 Å². The summed E-state index contributed by atoms with van der Waals surface area (Å²) in [7, 11) is 0. The molecule has 3 rings (SSSR count). The summed E-state index contributed by atoms with van der Waals surface area (Å²) in [6, 6.07) is 6.87. The number of aromatic nitrogens is 4. The van der Waals surface area contributed by atoms with Crippen molar-refractivity contribution in [1.82, 2.24) is 19.9 Å². The zero-order valence-corrected chi connectivity index (χ0v) is 13.5. The Bertz CT molecular complexity index is 856. The van der Waals surface area contributed by atoms with E-state index in [1.807, 2.05) is 6.92 Å². The summed E-state index contributed by atoms with van der Waals surface area (Å²) < 4.78 is 12.1. The molecule has 1 aromatic carbocycles. The van der Waals surface area contributed by atoms with Crippen LogP contribution in [0, 0.1) is 0 Å². The van der Waals surface area contributed by atoms with E-state index in [4.69, 9.17) is 26.6 Å². The highest BCUT2D eigenvalue weighted by Crippen LogP contribution is 2.27. The van der Waals surface area contributed by atoms with Gasteiger partial charge < -0.3 is 15.0 Å². The van der Waals surface area contributed by atoms with E-state index in [2.05, 4.69) is 15.2 Å². The average molecular weight is 348 g/mol. The lowest BCUT2D eigenvalue weighted by Crippen LogP contribution is -2.19. The molecular weight excluding hydrogens is 334 g/mol. The second-order valence-corrected chi connectivity index (χ2v) is 5.29. The number of nitrogens with zero attached hydrogens (tertiary/aromatic N) is 4. The van der Waals surface area contributed by atoms with Crippen molar-refractivity contribution in [3.63, 3.8) is 0 Å². The predicted molar refractivity (Wildman–Crippen MR) is 86.3 cm³/mol. The monoisotopic (exact) mass is 347 g/mol. The number of halogens is 1. The van der Waals surface area contributed by atoms with Crippen molar-refractivity contribution < 1.29 is 14.1 Å². The van der Waals surface area contributed by atoms with Crippen LogP contribution in [0.3, 0.4) is 0 Å². The number of hydrogen-bond donors (Lipinski definition) is 1. The van der Waals surface area contributed by atoms with Gasteiger partial charge in [-0.1, -0.05) is 16.8 Å². The first-order valence-corrected chi connectivity index (χ1v) is 7.53. The van der Waals surface area contributed by atoms with Gasteiger partial charge in [0, 0.05) is 18.3 Å². The summed E-state index contributed by atoms with van der Waals surface area (Å²) in [5.74, 6) is 0.626. The second-order valence-electron chi connectivity index (χ2n) is 4.88. The molecular formula is C15H14ClN5O3. The molecule has 2 N–H and O–H groups in total. The quantitative estimate of drug-likeness (QED) is 0.731. The lowest BCUT2D eigenvalue weighted by molar-refractivity contribution is -0.119. The molecule has 2 aromatic heterocycles. The second kappa shape index (κ2) is 6.71. The number of nitrogens with two attached hydrogens (primary N) is 1. The van der Waals surface area contributed by atoms with Crippen LogP contribution in [0.5, 0.6) is 5.75 Å². The zero-order chi connectivity index (χ0) is 17.1. The van der Waals surface area contributed by atoms with Crippen LogP contribution in [-0.2, 0) is 11.3 Å². The highest BCUT2D eigenvalue weighted by atomic mass is 35.5. The van der Waals surface area contributed by atoms with Crippen molar-refractivity contribution in [2.24, 2.45) is 5.73 Å². The minimum absolute atomic E-state index is 0.176. The Hall–Kier alpha value is -2.87. The first-order valence-electron chi connectivity index (χ1n) is 7.15. The van der Waals surface area contributed by atoms with Crippen LogP contribution in [0.15, 0.2) is 35.0 Å². The van der Waals surface area contributed by atoms with E-state index in [0.717, 1.165) is 5.56 Å². The summed E-state index contributed by atoms with van der Waals surface area (Å²) in [5, 5.41) is 8.67. The fraction of sp³-hybridized carbons (Fsp3) is 0.200. The minimum atomic E-state index is -0.537. The SMILES string of the molecule is CCn1cc(Cl)c(-c2nc(-c3ccc(OCC(N)=O)cc3)no2)n1. The maximum atomic E-state index is 10.7. The lowest BCUT2D eigenvalue weighted by atomic mass is 10.2. The zero-order valence-electron chi connectivity index (χ0n) is 12.8. The predicted octanol–water partition coefficient (Wildman–Crippen LogP) is 2.14. The summed E-state index contributed by atoms with van der Waals surface area (Å²) in [4.78, 5) is 15.0. The number of ether oxygens (including phenoxy) is 1. The van der Waals surface area contributed by atoms with Gasteiger partial charge in [0.05, 0.1) is 5.02 Å². The van der Waals surface area contributed by atoms with Gasteiger partial charge in [-0.05, 0) is 31.2 Å². The van der Waals surface area contributed by atoms with Gasteiger partial charge in [0.1, 0.15) is 5.75 Å². The fourth-order valence-electron chi connectivity index (χ4n) is 2.00. The maximum Gasteiger partial charge on any atom is 0.280 e. The topological polar surface area (TPSA) is 109 Å². The number of aryl methyl sites for hydroxylation is 1. The van der Waals surface area contributed by atoms with Crippen molar-refractivity contribution in [2.45, 2.75) is 13.5 Å². The number of hydrogen-bond acceptors (Lipinski definition) is 6. The Morgan fingerprint density at radius 2 is 2.12 bits per heavy atom. The molecule has 0 aliphatic carbocycles. The van der Waals surface area contributed by atoms with Gasteiger partial charge >= 0.3 is 0 Å². The van der Waals surface area contributed by atoms with Crippen LogP contribution in [0.1, 0.15) is 6.92 Å². The van der Waals surface area contributed by atoms with Crippen LogP contribution in [0.25, 0.3) is 23.0 Å². The number of benzene rings is 1. The van der Waals surface area contributed by atoms with Gasteiger partial charge in [0.25, 0.3) is 11.8 Å². The van der Waals surface area contributed by atoms with Gasteiger partial charge in [0.15, 0.2) is 12.3 Å². The van der Waals surface area contributed by atoms with Crippen LogP contribution in [0.4, 0.5) is 0 Å². The van der Waals surface area contributed by atoms with Crippen LogP contribution >= 0.6 is 11.6 Å². The maximum absolute atomic E-state index is 10.7. The molecule has 2 heterocycles. The number of amides is 1. The molecule has 0 saturated carbocycles. The van der Waals surface area contributed by atoms with E-state index in [-0.39, 0.29) is 12.5 Å². The molecule has 0 aliphatic heterocycles. The van der Waals surface area contributed by atoms with E-state index in [0.29, 0.717) is 28.8 Å². The number of carbonyl (C=O) groups is 1. The molecule has 0 unspecified atom stereocenters. The van der Waals surface area contributed by atoms with Crippen molar-refractivity contribution in [1.29, 1.82) is 0 Å². The van der Waals surface area contributed by atoms with E-state index >= 15 is 0 Å². The lowest BCUT2D eigenvalue weighted by Gasteiger charge is -2.03. The minimum Gasteiger partial charge on any atom is -0.484 e. The summed E-state index contributed by atoms with van der Waals surface area (Å²) >= 11 is 6.13. The Morgan fingerprint density at radius 3 is 2.75 bits per heavy atom. The molecule has 0 saturated heterocycles. The summed E-state index contributed by atoms with van der Waals surface area (Å²) in [5.41, 5.74) is 6.20. The van der Waals surface area contributed by atoms with Crippen LogP contribution in [-0.4, -0.2) is 32.4 Å². The highest BCUT2D eigenvalue weighted by molar-refractivity contribution is 6.32. The first-order chi connectivity index (χ1) is 11.6. The molecule has 0 bridgehead atoms. The molecule has 24 heavy (non-hydrogen) atoms. The van der Waals surface area contributed by atoms with E-state index in [1.165, 1.54) is 0 Å². The molecule has 0 atom stereocenters. The third-order valence-corrected chi connectivity index (χ3v) is 3.44.